The zero-order valence-electron chi connectivity index (χ0n) is 17.4. The number of hydrogen-bond acceptors (Lipinski definition) is 6. The van der Waals surface area contributed by atoms with Crippen LogP contribution in [0, 0.1) is 18.4 Å². The fraction of sp³-hybridized carbons (Fsp3) is 0.167. The summed E-state index contributed by atoms with van der Waals surface area (Å²) in [6, 6.07) is 18.7. The first-order valence-corrected chi connectivity index (χ1v) is 10.8. The van der Waals surface area contributed by atoms with Crippen molar-refractivity contribution in [3.8, 4) is 17.3 Å². The van der Waals surface area contributed by atoms with Crippen LogP contribution < -0.4 is 9.80 Å². The number of morpholine rings is 1. The summed E-state index contributed by atoms with van der Waals surface area (Å²) in [5, 5.41) is 10.3. The number of amides is 1. The molecule has 0 unspecified atom stereocenters. The van der Waals surface area contributed by atoms with Crippen molar-refractivity contribution >= 4 is 33.7 Å². The van der Waals surface area contributed by atoms with Crippen LogP contribution in [0.2, 0.25) is 0 Å². The lowest BCUT2D eigenvalue weighted by atomic mass is 9.96. The Morgan fingerprint density at radius 3 is 2.72 bits per heavy atom. The fourth-order valence-electron chi connectivity index (χ4n) is 3.71. The van der Waals surface area contributed by atoms with Crippen molar-refractivity contribution in [3.63, 3.8) is 0 Å². The lowest BCUT2D eigenvalue weighted by molar-refractivity contribution is 0.0999. The fourth-order valence-corrected chi connectivity index (χ4v) is 4.05. The molecule has 160 valence electrons. The standard InChI is InChI=1S/C24H20N4O3S/c1-17-19(18-7-3-2-4-8-18)9-5-10-20(17)24(29)28(16-25)21-11-6-12-26-23(21)27-13-14-31-22(15-27)32-30/h2-12H,13-15H2,1H3. The molecule has 7 nitrogen and oxygen atoms in total. The Morgan fingerprint density at radius 2 is 1.97 bits per heavy atom. The number of anilines is 2. The molecule has 1 aliphatic rings. The smallest absolute Gasteiger partial charge is 0.271 e. The minimum atomic E-state index is -0.437. The zero-order valence-corrected chi connectivity index (χ0v) is 18.2. The van der Waals surface area contributed by atoms with Crippen LogP contribution in [-0.2, 0) is 16.0 Å². The van der Waals surface area contributed by atoms with Gasteiger partial charge in [-0.25, -0.2) is 14.1 Å². The number of carbonyl (C=O) groups is 1. The second kappa shape index (κ2) is 9.56. The van der Waals surface area contributed by atoms with Crippen LogP contribution in [0.15, 0.2) is 66.9 Å². The van der Waals surface area contributed by atoms with Gasteiger partial charge in [0, 0.05) is 18.3 Å². The van der Waals surface area contributed by atoms with Crippen LogP contribution >= 0.6 is 0 Å². The minimum Gasteiger partial charge on any atom is -0.345 e. The Balaban J connectivity index is 1.73. The number of ether oxygens (including phenoxy) is 1. The molecule has 1 aliphatic heterocycles. The molecule has 1 fully saturated rings. The van der Waals surface area contributed by atoms with E-state index in [1.54, 1.807) is 24.4 Å². The van der Waals surface area contributed by atoms with Crippen LogP contribution in [0.3, 0.4) is 0 Å². The third kappa shape index (κ3) is 4.17. The van der Waals surface area contributed by atoms with Gasteiger partial charge >= 0.3 is 0 Å². The summed E-state index contributed by atoms with van der Waals surface area (Å²) in [5.41, 5.74) is 3.52. The predicted molar refractivity (Wildman–Crippen MR) is 125 cm³/mol. The monoisotopic (exact) mass is 444 g/mol. The van der Waals surface area contributed by atoms with Gasteiger partial charge in [-0.2, -0.15) is 5.26 Å². The molecule has 1 saturated heterocycles. The van der Waals surface area contributed by atoms with Gasteiger partial charge in [-0.3, -0.25) is 4.79 Å². The van der Waals surface area contributed by atoms with Gasteiger partial charge in [0.1, 0.15) is 16.9 Å². The average molecular weight is 445 g/mol. The van der Waals surface area contributed by atoms with E-state index < -0.39 is 5.91 Å². The van der Waals surface area contributed by atoms with Crippen molar-refractivity contribution in [1.82, 2.24) is 4.98 Å². The normalized spacial score (nSPS) is 13.4. The molecule has 0 aliphatic carbocycles. The summed E-state index contributed by atoms with van der Waals surface area (Å²) >= 11 is 0.298. The molecule has 1 aromatic heterocycles. The van der Waals surface area contributed by atoms with Crippen LogP contribution in [-0.4, -0.2) is 39.8 Å². The van der Waals surface area contributed by atoms with Gasteiger partial charge < -0.3 is 9.64 Å². The molecule has 2 aromatic carbocycles. The average Bonchev–Trinajstić information content (AvgIpc) is 2.85. The highest BCUT2D eigenvalue weighted by atomic mass is 32.1. The lowest BCUT2D eigenvalue weighted by Gasteiger charge is -2.30. The summed E-state index contributed by atoms with van der Waals surface area (Å²) in [4.78, 5) is 20.8. The predicted octanol–water partition coefficient (Wildman–Crippen LogP) is 3.36. The molecule has 0 spiro atoms. The number of nitriles is 1. The number of nitrogens with zero attached hydrogens (tertiary/aromatic N) is 4. The summed E-state index contributed by atoms with van der Waals surface area (Å²) < 4.78 is 16.6. The highest BCUT2D eigenvalue weighted by molar-refractivity contribution is 7.66. The molecular formula is C24H20N4O3S. The number of pyridine rings is 1. The van der Waals surface area contributed by atoms with E-state index in [-0.39, 0.29) is 6.54 Å². The summed E-state index contributed by atoms with van der Waals surface area (Å²) in [6.07, 6.45) is 3.62. The summed E-state index contributed by atoms with van der Waals surface area (Å²) in [5.74, 6) is 0.0156. The van der Waals surface area contributed by atoms with Crippen LogP contribution in [0.5, 0.6) is 0 Å². The van der Waals surface area contributed by atoms with Crippen LogP contribution in [0.1, 0.15) is 15.9 Å². The van der Waals surface area contributed by atoms with Crippen molar-refractivity contribution in [2.24, 2.45) is 0 Å². The van der Waals surface area contributed by atoms with Gasteiger partial charge in [0.2, 0.25) is 0 Å². The zero-order chi connectivity index (χ0) is 22.5. The highest BCUT2D eigenvalue weighted by Gasteiger charge is 2.27. The summed E-state index contributed by atoms with van der Waals surface area (Å²) in [6.45, 7) is 2.95. The Labute approximate surface area is 189 Å². The Morgan fingerprint density at radius 1 is 1.16 bits per heavy atom. The van der Waals surface area contributed by atoms with Gasteiger partial charge in [0.05, 0.1) is 13.2 Å². The molecule has 0 N–H and O–H groups in total. The molecule has 32 heavy (non-hydrogen) atoms. The van der Waals surface area contributed by atoms with Crippen LogP contribution in [0.4, 0.5) is 11.5 Å². The molecule has 0 saturated carbocycles. The molecule has 4 rings (SSSR count). The number of rotatable bonds is 4. The second-order valence-corrected chi connectivity index (χ2v) is 7.78. The molecule has 8 heteroatoms. The van der Waals surface area contributed by atoms with Crippen molar-refractivity contribution in [1.29, 1.82) is 5.26 Å². The molecule has 0 bridgehead atoms. The Kier molecular flexibility index (Phi) is 6.40. The van der Waals surface area contributed by atoms with Gasteiger partial charge in [-0.15, -0.1) is 0 Å². The number of aromatic nitrogens is 1. The van der Waals surface area contributed by atoms with Crippen molar-refractivity contribution in [2.75, 3.05) is 29.5 Å². The molecular weight excluding hydrogens is 424 g/mol. The molecule has 0 radical (unpaired) electrons. The lowest BCUT2D eigenvalue weighted by Crippen LogP contribution is -2.41. The van der Waals surface area contributed by atoms with E-state index in [4.69, 9.17) is 4.74 Å². The molecule has 2 heterocycles. The van der Waals surface area contributed by atoms with E-state index in [0.717, 1.165) is 21.6 Å². The molecule has 1 amide bonds. The first kappa shape index (κ1) is 21.4. The first-order chi connectivity index (χ1) is 15.6. The Bertz CT molecular complexity index is 1250. The number of benzene rings is 2. The van der Waals surface area contributed by atoms with Crippen molar-refractivity contribution < 1.29 is 13.7 Å². The SMILES string of the molecule is Cc1c(C(=O)N(C#N)c2cccnc2N2CCOC(=S=O)C2)cccc1-c1ccccc1. The van der Waals surface area contributed by atoms with E-state index in [1.807, 2.05) is 60.5 Å². The largest absolute Gasteiger partial charge is 0.345 e. The number of carbonyl (C=O) groups excluding carboxylic acids is 1. The highest BCUT2D eigenvalue weighted by Crippen LogP contribution is 2.31. The maximum Gasteiger partial charge on any atom is 0.271 e. The van der Waals surface area contributed by atoms with Gasteiger partial charge in [-0.1, -0.05) is 42.5 Å². The molecule has 3 aromatic rings. The van der Waals surface area contributed by atoms with Crippen molar-refractivity contribution in [2.45, 2.75) is 6.92 Å². The first-order valence-electron chi connectivity index (χ1n) is 10.0. The minimum absolute atomic E-state index is 0.244. The van der Waals surface area contributed by atoms with E-state index >= 15 is 0 Å². The maximum absolute atomic E-state index is 13.5. The van der Waals surface area contributed by atoms with Gasteiger partial charge in [-0.05, 0) is 41.8 Å². The Hall–Kier alpha value is -3.80. The second-order valence-electron chi connectivity index (χ2n) is 7.16. The number of hydrogen-bond donors (Lipinski definition) is 0. The van der Waals surface area contributed by atoms with Crippen molar-refractivity contribution in [3.05, 3.63) is 78.0 Å². The third-order valence-corrected chi connectivity index (χ3v) is 5.73. The van der Waals surface area contributed by atoms with E-state index in [0.29, 0.717) is 46.5 Å². The van der Waals surface area contributed by atoms with Gasteiger partial charge in [0.15, 0.2) is 17.1 Å². The van der Waals surface area contributed by atoms with E-state index in [1.165, 1.54) is 0 Å². The van der Waals surface area contributed by atoms with Gasteiger partial charge in [0.25, 0.3) is 5.91 Å². The summed E-state index contributed by atoms with van der Waals surface area (Å²) in [7, 11) is 0. The van der Waals surface area contributed by atoms with E-state index in [2.05, 4.69) is 4.98 Å². The van der Waals surface area contributed by atoms with E-state index in [9.17, 15) is 14.3 Å². The quantitative estimate of drug-likeness (QED) is 0.348. The third-order valence-electron chi connectivity index (χ3n) is 5.30. The molecule has 0 atom stereocenters. The maximum atomic E-state index is 13.5. The van der Waals surface area contributed by atoms with Crippen LogP contribution in [0.25, 0.3) is 11.1 Å². The topological polar surface area (TPSA) is 86.5 Å².